The first-order valence-corrected chi connectivity index (χ1v) is 9.39. The topological polar surface area (TPSA) is 54.0 Å². The Morgan fingerprint density at radius 2 is 2.08 bits per heavy atom. The van der Waals surface area contributed by atoms with E-state index in [0.29, 0.717) is 19.2 Å². The van der Waals surface area contributed by atoms with Gasteiger partial charge in [0.05, 0.1) is 12.6 Å². The van der Waals surface area contributed by atoms with Crippen molar-refractivity contribution >= 4 is 5.91 Å². The number of hydrogen-bond acceptors (Lipinski definition) is 5. The molecule has 0 spiro atoms. The highest BCUT2D eigenvalue weighted by molar-refractivity contribution is 5.81. The summed E-state index contributed by atoms with van der Waals surface area (Å²) in [5.41, 5.74) is 1.64. The second-order valence-electron chi connectivity index (χ2n) is 7.43. The van der Waals surface area contributed by atoms with Crippen LogP contribution in [-0.2, 0) is 22.7 Å². The number of nitrogens with zero attached hydrogens (tertiary/aromatic N) is 2. The first kappa shape index (κ1) is 17.7. The van der Waals surface area contributed by atoms with E-state index in [0.717, 1.165) is 55.9 Å². The fraction of sp³-hybridized carbons (Fsp3) is 0.632. The molecule has 26 heavy (non-hydrogen) atoms. The summed E-state index contributed by atoms with van der Waals surface area (Å²) < 4.78 is 24.7. The summed E-state index contributed by atoms with van der Waals surface area (Å²) in [5, 5.41) is 3.08. The summed E-state index contributed by atoms with van der Waals surface area (Å²) in [5.74, 6) is 0.641. The van der Waals surface area contributed by atoms with Gasteiger partial charge < -0.3 is 14.8 Å². The molecule has 1 aliphatic carbocycles. The maximum absolute atomic E-state index is 13.9. The quantitative estimate of drug-likeness (QED) is 0.859. The zero-order valence-corrected chi connectivity index (χ0v) is 15.2. The number of rotatable bonds is 5. The maximum atomic E-state index is 13.9. The molecular weight excluding hydrogens is 337 g/mol. The summed E-state index contributed by atoms with van der Waals surface area (Å²) >= 11 is 0. The van der Waals surface area contributed by atoms with Gasteiger partial charge in [-0.25, -0.2) is 4.39 Å². The van der Waals surface area contributed by atoms with Crippen molar-refractivity contribution in [1.29, 1.82) is 0 Å². The molecule has 1 atom stereocenters. The van der Waals surface area contributed by atoms with E-state index < -0.39 is 0 Å². The van der Waals surface area contributed by atoms with Crippen LogP contribution in [0.1, 0.15) is 30.9 Å². The molecule has 3 aliphatic rings. The number of amides is 1. The number of benzene rings is 1. The maximum Gasteiger partial charge on any atom is 0.237 e. The SMILES string of the molecule is C[C@@H](C(=O)NC1CC1)N1CCN(Cc2cc(F)cc3c2OCOC3)CC1. The lowest BCUT2D eigenvalue weighted by Gasteiger charge is -2.37. The van der Waals surface area contributed by atoms with Crippen molar-refractivity contribution in [3.05, 3.63) is 29.1 Å². The lowest BCUT2D eigenvalue weighted by molar-refractivity contribution is -0.126. The van der Waals surface area contributed by atoms with Crippen LogP contribution in [0.3, 0.4) is 0 Å². The summed E-state index contributed by atoms with van der Waals surface area (Å²) in [6.45, 7) is 6.60. The van der Waals surface area contributed by atoms with E-state index >= 15 is 0 Å². The van der Waals surface area contributed by atoms with Crippen LogP contribution in [-0.4, -0.2) is 60.8 Å². The predicted octanol–water partition coefficient (Wildman–Crippen LogP) is 1.48. The fourth-order valence-corrected chi connectivity index (χ4v) is 3.64. The molecule has 0 unspecified atom stereocenters. The van der Waals surface area contributed by atoms with Crippen LogP contribution < -0.4 is 10.1 Å². The van der Waals surface area contributed by atoms with Crippen LogP contribution in [0.4, 0.5) is 4.39 Å². The second kappa shape index (κ2) is 7.50. The number of carbonyl (C=O) groups excluding carboxylic acids is 1. The van der Waals surface area contributed by atoms with Gasteiger partial charge in [-0.1, -0.05) is 0 Å². The Balaban J connectivity index is 1.34. The first-order chi connectivity index (χ1) is 12.6. The van der Waals surface area contributed by atoms with Crippen molar-refractivity contribution in [2.45, 2.75) is 45.0 Å². The standard InChI is InChI=1S/C19H26FN3O3/c1-13(19(24)21-17-2-3-17)23-6-4-22(5-7-23)10-14-8-16(20)9-15-11-25-12-26-18(14)15/h8-9,13,17H,2-7,10-12H2,1H3,(H,21,24)/t13-/m0/s1. The van der Waals surface area contributed by atoms with E-state index in [2.05, 4.69) is 15.1 Å². The second-order valence-corrected chi connectivity index (χ2v) is 7.43. The van der Waals surface area contributed by atoms with E-state index in [4.69, 9.17) is 9.47 Å². The Morgan fingerprint density at radius 1 is 1.31 bits per heavy atom. The molecule has 4 rings (SSSR count). The van der Waals surface area contributed by atoms with Gasteiger partial charge in [-0.05, 0) is 31.9 Å². The molecule has 1 aromatic rings. The molecule has 0 aromatic heterocycles. The fourth-order valence-electron chi connectivity index (χ4n) is 3.64. The Labute approximate surface area is 153 Å². The number of piperazine rings is 1. The molecule has 142 valence electrons. The zero-order chi connectivity index (χ0) is 18.1. The highest BCUT2D eigenvalue weighted by Gasteiger charge is 2.30. The van der Waals surface area contributed by atoms with Gasteiger partial charge in [0.25, 0.3) is 0 Å². The molecule has 1 saturated heterocycles. The molecule has 1 aromatic carbocycles. The van der Waals surface area contributed by atoms with E-state index in [1.807, 2.05) is 6.92 Å². The number of halogens is 1. The molecule has 1 N–H and O–H groups in total. The lowest BCUT2D eigenvalue weighted by atomic mass is 10.1. The highest BCUT2D eigenvalue weighted by Crippen LogP contribution is 2.30. The minimum absolute atomic E-state index is 0.0971. The third-order valence-corrected chi connectivity index (χ3v) is 5.40. The number of ether oxygens (including phenoxy) is 2. The van der Waals surface area contributed by atoms with Crippen molar-refractivity contribution in [3.63, 3.8) is 0 Å². The van der Waals surface area contributed by atoms with Gasteiger partial charge in [-0.3, -0.25) is 14.6 Å². The van der Waals surface area contributed by atoms with Crippen molar-refractivity contribution in [1.82, 2.24) is 15.1 Å². The van der Waals surface area contributed by atoms with Crippen LogP contribution in [0.5, 0.6) is 5.75 Å². The molecule has 0 radical (unpaired) electrons. The third-order valence-electron chi connectivity index (χ3n) is 5.40. The molecule has 2 fully saturated rings. The predicted molar refractivity (Wildman–Crippen MR) is 94.2 cm³/mol. The Morgan fingerprint density at radius 3 is 2.81 bits per heavy atom. The molecule has 2 heterocycles. The Hall–Kier alpha value is -1.70. The Bertz CT molecular complexity index is 672. The lowest BCUT2D eigenvalue weighted by Crippen LogP contribution is -2.53. The van der Waals surface area contributed by atoms with Crippen LogP contribution in [0, 0.1) is 5.82 Å². The first-order valence-electron chi connectivity index (χ1n) is 9.39. The summed E-state index contributed by atoms with van der Waals surface area (Å²) in [7, 11) is 0. The summed E-state index contributed by atoms with van der Waals surface area (Å²) in [6.07, 6.45) is 2.22. The molecule has 2 aliphatic heterocycles. The van der Waals surface area contributed by atoms with Gasteiger partial charge in [0.2, 0.25) is 5.91 Å². The average Bonchev–Trinajstić information content (AvgIpc) is 3.45. The molecule has 7 heteroatoms. The van der Waals surface area contributed by atoms with Crippen LogP contribution in [0.2, 0.25) is 0 Å². The number of fused-ring (bicyclic) bond motifs is 1. The minimum atomic E-state index is -0.253. The van der Waals surface area contributed by atoms with Crippen molar-refractivity contribution in [3.8, 4) is 5.75 Å². The summed E-state index contributed by atoms with van der Waals surface area (Å²) in [6, 6.07) is 3.34. The van der Waals surface area contributed by atoms with Gasteiger partial charge >= 0.3 is 0 Å². The number of hydrogen-bond donors (Lipinski definition) is 1. The van der Waals surface area contributed by atoms with Crippen LogP contribution >= 0.6 is 0 Å². The van der Waals surface area contributed by atoms with E-state index in [1.54, 1.807) is 6.07 Å². The molecule has 1 amide bonds. The van der Waals surface area contributed by atoms with Crippen molar-refractivity contribution < 1.29 is 18.7 Å². The number of carbonyl (C=O) groups is 1. The van der Waals surface area contributed by atoms with Gasteiger partial charge in [0, 0.05) is 49.9 Å². The van der Waals surface area contributed by atoms with Crippen LogP contribution in [0.25, 0.3) is 0 Å². The van der Waals surface area contributed by atoms with Gasteiger partial charge in [-0.2, -0.15) is 0 Å². The minimum Gasteiger partial charge on any atom is -0.467 e. The molecule has 0 bridgehead atoms. The molecule has 6 nitrogen and oxygen atoms in total. The third kappa shape index (κ3) is 4.00. The normalized spacial score (nSPS) is 22.4. The molecular formula is C19H26FN3O3. The Kier molecular flexibility index (Phi) is 5.11. The van der Waals surface area contributed by atoms with E-state index in [-0.39, 0.29) is 24.6 Å². The largest absolute Gasteiger partial charge is 0.467 e. The highest BCUT2D eigenvalue weighted by atomic mass is 19.1. The van der Waals surface area contributed by atoms with Gasteiger partial charge in [0.1, 0.15) is 11.6 Å². The average molecular weight is 363 g/mol. The zero-order valence-electron chi connectivity index (χ0n) is 15.2. The summed E-state index contributed by atoms with van der Waals surface area (Å²) in [4.78, 5) is 16.7. The monoisotopic (exact) mass is 363 g/mol. The van der Waals surface area contributed by atoms with Gasteiger partial charge in [-0.15, -0.1) is 0 Å². The van der Waals surface area contributed by atoms with E-state index in [9.17, 15) is 9.18 Å². The smallest absolute Gasteiger partial charge is 0.237 e. The van der Waals surface area contributed by atoms with Gasteiger partial charge in [0.15, 0.2) is 6.79 Å². The number of nitrogens with one attached hydrogen (secondary N) is 1. The van der Waals surface area contributed by atoms with Crippen molar-refractivity contribution in [2.24, 2.45) is 0 Å². The van der Waals surface area contributed by atoms with E-state index in [1.165, 1.54) is 6.07 Å². The van der Waals surface area contributed by atoms with Crippen molar-refractivity contribution in [2.75, 3.05) is 33.0 Å². The van der Waals surface area contributed by atoms with Crippen LogP contribution in [0.15, 0.2) is 12.1 Å². The molecule has 1 saturated carbocycles.